The van der Waals surface area contributed by atoms with Crippen LogP contribution in [0.3, 0.4) is 0 Å². The minimum absolute atomic E-state index is 0.123. The van der Waals surface area contributed by atoms with Crippen LogP contribution in [0.2, 0.25) is 0 Å². The van der Waals surface area contributed by atoms with E-state index < -0.39 is 0 Å². The molecule has 3 aromatic rings. The first-order valence-electron chi connectivity index (χ1n) is 8.66. The zero-order valence-electron chi connectivity index (χ0n) is 13.9. The Labute approximate surface area is 141 Å². The molecule has 124 valence electrons. The number of likely N-dealkylation sites (tertiary alicyclic amines) is 1. The molecular formula is C19H22N4O. The fourth-order valence-electron chi connectivity index (χ4n) is 3.81. The van der Waals surface area contributed by atoms with E-state index in [9.17, 15) is 4.79 Å². The van der Waals surface area contributed by atoms with Gasteiger partial charge >= 0.3 is 0 Å². The molecule has 0 bridgehead atoms. The van der Waals surface area contributed by atoms with E-state index in [-0.39, 0.29) is 11.9 Å². The molecule has 4 rings (SSSR count). The quantitative estimate of drug-likeness (QED) is 0.802. The number of carbonyl (C=O) groups is 1. The third-order valence-corrected chi connectivity index (χ3v) is 4.98. The normalized spacial score (nSPS) is 17.7. The monoisotopic (exact) mass is 322 g/mol. The molecule has 5 nitrogen and oxygen atoms in total. The predicted molar refractivity (Wildman–Crippen MR) is 94.0 cm³/mol. The average Bonchev–Trinajstić information content (AvgIpc) is 3.33. The Hall–Kier alpha value is -2.56. The third-order valence-electron chi connectivity index (χ3n) is 4.98. The molecule has 1 amide bonds. The second-order valence-electron chi connectivity index (χ2n) is 6.40. The smallest absolute Gasteiger partial charge is 0.270 e. The molecular weight excluding hydrogens is 300 g/mol. The number of benzene rings is 1. The molecule has 1 atom stereocenters. The third kappa shape index (κ3) is 2.50. The van der Waals surface area contributed by atoms with E-state index in [1.165, 1.54) is 0 Å². The van der Waals surface area contributed by atoms with Crippen LogP contribution in [0.25, 0.3) is 10.9 Å². The van der Waals surface area contributed by atoms with Gasteiger partial charge in [0.15, 0.2) is 0 Å². The Bertz CT molecular complexity index is 850. The van der Waals surface area contributed by atoms with Crippen molar-refractivity contribution in [3.05, 3.63) is 54.0 Å². The van der Waals surface area contributed by atoms with E-state index in [2.05, 4.69) is 23.1 Å². The van der Waals surface area contributed by atoms with Gasteiger partial charge in [-0.1, -0.05) is 25.1 Å². The van der Waals surface area contributed by atoms with Crippen molar-refractivity contribution >= 4 is 16.8 Å². The standard InChI is InChI=1S/C19H22N4O/c1-2-15-16-8-3-4-9-17(16)21-18(15)19(24)23-12-5-7-14(23)13-22-11-6-10-20-22/h3-4,6,8-11,14,21H,2,5,7,12-13H2,1H3. The molecule has 2 aromatic heterocycles. The lowest BCUT2D eigenvalue weighted by Crippen LogP contribution is -2.38. The highest BCUT2D eigenvalue weighted by Crippen LogP contribution is 2.27. The van der Waals surface area contributed by atoms with Crippen LogP contribution < -0.4 is 0 Å². The summed E-state index contributed by atoms with van der Waals surface area (Å²) < 4.78 is 1.92. The number of aromatic nitrogens is 3. The Morgan fingerprint density at radius 1 is 1.33 bits per heavy atom. The summed E-state index contributed by atoms with van der Waals surface area (Å²) >= 11 is 0. The van der Waals surface area contributed by atoms with Gasteiger partial charge in [0.05, 0.1) is 12.6 Å². The first-order chi connectivity index (χ1) is 11.8. The number of hydrogen-bond donors (Lipinski definition) is 1. The van der Waals surface area contributed by atoms with Crippen LogP contribution in [0.4, 0.5) is 0 Å². The highest BCUT2D eigenvalue weighted by molar-refractivity contribution is 6.01. The fourth-order valence-corrected chi connectivity index (χ4v) is 3.81. The van der Waals surface area contributed by atoms with Crippen molar-refractivity contribution in [3.63, 3.8) is 0 Å². The van der Waals surface area contributed by atoms with Crippen LogP contribution >= 0.6 is 0 Å². The average molecular weight is 322 g/mol. The highest BCUT2D eigenvalue weighted by atomic mass is 16.2. The molecule has 1 aromatic carbocycles. The van der Waals surface area contributed by atoms with Crippen molar-refractivity contribution < 1.29 is 4.79 Å². The van der Waals surface area contributed by atoms with Crippen LogP contribution in [0.15, 0.2) is 42.7 Å². The minimum Gasteiger partial charge on any atom is -0.350 e. The lowest BCUT2D eigenvalue weighted by atomic mass is 10.1. The maximum atomic E-state index is 13.2. The number of carbonyl (C=O) groups excluding carboxylic acids is 1. The molecule has 0 spiro atoms. The van der Waals surface area contributed by atoms with Crippen LogP contribution in [-0.4, -0.2) is 38.2 Å². The van der Waals surface area contributed by atoms with Crippen LogP contribution in [0.5, 0.6) is 0 Å². The second kappa shape index (κ2) is 6.15. The van der Waals surface area contributed by atoms with Crippen molar-refractivity contribution in [1.29, 1.82) is 0 Å². The summed E-state index contributed by atoms with van der Waals surface area (Å²) in [6.07, 6.45) is 6.69. The molecule has 1 aliphatic rings. The van der Waals surface area contributed by atoms with Gasteiger partial charge in [-0.25, -0.2) is 0 Å². The largest absolute Gasteiger partial charge is 0.350 e. The molecule has 1 N–H and O–H groups in total. The van der Waals surface area contributed by atoms with Crippen molar-refractivity contribution in [2.24, 2.45) is 0 Å². The summed E-state index contributed by atoms with van der Waals surface area (Å²) in [4.78, 5) is 18.6. The van der Waals surface area contributed by atoms with Crippen molar-refractivity contribution in [2.45, 2.75) is 38.8 Å². The number of aryl methyl sites for hydroxylation is 1. The predicted octanol–water partition coefficient (Wildman–Crippen LogP) is 3.23. The van der Waals surface area contributed by atoms with Crippen LogP contribution in [-0.2, 0) is 13.0 Å². The van der Waals surface area contributed by atoms with Gasteiger partial charge in [0.1, 0.15) is 5.69 Å². The zero-order valence-corrected chi connectivity index (χ0v) is 13.9. The number of H-pyrrole nitrogens is 1. The topological polar surface area (TPSA) is 53.9 Å². The number of aromatic amines is 1. The maximum Gasteiger partial charge on any atom is 0.270 e. The Kier molecular flexibility index (Phi) is 3.84. The number of rotatable bonds is 4. The van der Waals surface area contributed by atoms with Crippen molar-refractivity contribution in [3.8, 4) is 0 Å². The highest BCUT2D eigenvalue weighted by Gasteiger charge is 2.31. The van der Waals surface area contributed by atoms with E-state index in [1.54, 1.807) is 6.20 Å². The summed E-state index contributed by atoms with van der Waals surface area (Å²) in [6.45, 7) is 3.70. The van der Waals surface area contributed by atoms with E-state index in [1.807, 2.05) is 40.0 Å². The van der Waals surface area contributed by atoms with Gasteiger partial charge in [-0.05, 0) is 37.0 Å². The molecule has 1 aliphatic heterocycles. The molecule has 1 fully saturated rings. The number of para-hydroxylation sites is 1. The molecule has 0 aliphatic carbocycles. The number of amides is 1. The number of fused-ring (bicyclic) bond motifs is 1. The number of nitrogens with one attached hydrogen (secondary N) is 1. The summed E-state index contributed by atoms with van der Waals surface area (Å²) in [5.41, 5.74) is 2.92. The van der Waals surface area contributed by atoms with Gasteiger partial charge in [-0.15, -0.1) is 0 Å². The number of hydrogen-bond acceptors (Lipinski definition) is 2. The summed E-state index contributed by atoms with van der Waals surface area (Å²) in [5.74, 6) is 0.123. The Morgan fingerprint density at radius 2 is 2.21 bits per heavy atom. The molecule has 0 radical (unpaired) electrons. The van der Waals surface area contributed by atoms with Crippen LogP contribution in [0.1, 0.15) is 35.8 Å². The van der Waals surface area contributed by atoms with Gasteiger partial charge in [-0.3, -0.25) is 9.48 Å². The molecule has 0 saturated carbocycles. The second-order valence-corrected chi connectivity index (χ2v) is 6.40. The van der Waals surface area contributed by atoms with Gasteiger partial charge < -0.3 is 9.88 Å². The molecule has 24 heavy (non-hydrogen) atoms. The summed E-state index contributed by atoms with van der Waals surface area (Å²) in [6, 6.07) is 10.3. The van der Waals surface area contributed by atoms with Gasteiger partial charge in [-0.2, -0.15) is 5.10 Å². The SMILES string of the molecule is CCc1c(C(=O)N2CCCC2Cn2cccn2)[nH]c2ccccc12. The summed E-state index contributed by atoms with van der Waals surface area (Å²) in [5, 5.41) is 5.44. The molecule has 5 heteroatoms. The molecule has 3 heterocycles. The van der Waals surface area contributed by atoms with Crippen molar-refractivity contribution in [1.82, 2.24) is 19.7 Å². The van der Waals surface area contributed by atoms with E-state index in [0.29, 0.717) is 0 Å². The van der Waals surface area contributed by atoms with Crippen LogP contribution in [0, 0.1) is 0 Å². The van der Waals surface area contributed by atoms with E-state index in [4.69, 9.17) is 0 Å². The van der Waals surface area contributed by atoms with Crippen molar-refractivity contribution in [2.75, 3.05) is 6.54 Å². The molecule has 1 saturated heterocycles. The summed E-state index contributed by atoms with van der Waals surface area (Å²) in [7, 11) is 0. The van der Waals surface area contributed by atoms with Gasteiger partial charge in [0.2, 0.25) is 0 Å². The lowest BCUT2D eigenvalue weighted by Gasteiger charge is -2.24. The van der Waals surface area contributed by atoms with Gasteiger partial charge in [0, 0.05) is 29.8 Å². The zero-order chi connectivity index (χ0) is 16.5. The molecule has 1 unspecified atom stereocenters. The Balaban J connectivity index is 1.65. The Morgan fingerprint density at radius 3 is 3.00 bits per heavy atom. The maximum absolute atomic E-state index is 13.2. The first-order valence-corrected chi connectivity index (χ1v) is 8.66. The number of nitrogens with zero attached hydrogens (tertiary/aromatic N) is 3. The minimum atomic E-state index is 0.123. The first kappa shape index (κ1) is 15.0. The van der Waals surface area contributed by atoms with Gasteiger partial charge in [0.25, 0.3) is 5.91 Å². The van der Waals surface area contributed by atoms with E-state index >= 15 is 0 Å². The lowest BCUT2D eigenvalue weighted by molar-refractivity contribution is 0.0715. The van der Waals surface area contributed by atoms with E-state index in [0.717, 1.165) is 54.5 Å². The fraction of sp³-hybridized carbons (Fsp3) is 0.368.